The molecule has 22 heavy (non-hydrogen) atoms. The predicted molar refractivity (Wildman–Crippen MR) is 93.7 cm³/mol. The second-order valence-corrected chi connectivity index (χ2v) is 5.96. The number of hydrogen-bond acceptors (Lipinski definition) is 4. The molecule has 0 amide bonds. The molecule has 0 fully saturated rings. The summed E-state index contributed by atoms with van der Waals surface area (Å²) in [6.45, 7) is 0. The van der Waals surface area contributed by atoms with Crippen molar-refractivity contribution in [3.8, 4) is 5.75 Å². The zero-order valence-corrected chi connectivity index (χ0v) is 13.5. The number of hydrogen-bond donors (Lipinski definition) is 1. The van der Waals surface area contributed by atoms with Gasteiger partial charge in [0, 0.05) is 10.8 Å². The molecule has 0 spiro atoms. The minimum absolute atomic E-state index is 0.721. The van der Waals surface area contributed by atoms with E-state index in [1.165, 1.54) is 0 Å². The Morgan fingerprint density at radius 1 is 1.18 bits per heavy atom. The maximum absolute atomic E-state index is 5.90. The molecule has 1 N–H and O–H groups in total. The van der Waals surface area contributed by atoms with Crippen molar-refractivity contribution in [1.29, 1.82) is 0 Å². The Bertz CT molecular complexity index is 728. The number of nitrogens with one attached hydrogen (secondary N) is 1. The van der Waals surface area contributed by atoms with E-state index >= 15 is 0 Å². The van der Waals surface area contributed by atoms with Gasteiger partial charge in [0.15, 0.2) is 5.17 Å². The number of amidine groups is 1. The van der Waals surface area contributed by atoms with Crippen LogP contribution >= 0.6 is 23.4 Å². The van der Waals surface area contributed by atoms with E-state index in [0.29, 0.717) is 0 Å². The van der Waals surface area contributed by atoms with Gasteiger partial charge in [0.1, 0.15) is 11.4 Å². The van der Waals surface area contributed by atoms with Crippen molar-refractivity contribution < 1.29 is 4.74 Å². The van der Waals surface area contributed by atoms with Gasteiger partial charge in [-0.05, 0) is 29.8 Å². The zero-order valence-electron chi connectivity index (χ0n) is 11.9. The molecule has 3 rings (SSSR count). The molecule has 4 nitrogen and oxygen atoms in total. The van der Waals surface area contributed by atoms with E-state index < -0.39 is 0 Å². The van der Waals surface area contributed by atoms with Crippen molar-refractivity contribution in [2.24, 2.45) is 10.1 Å². The smallest absolute Gasteiger partial charge is 0.182 e. The SMILES string of the molecule is COc1ccccc1N=C1NN=C(c2ccc(Cl)cc2)CS1. The van der Waals surface area contributed by atoms with Crippen LogP contribution in [0.1, 0.15) is 5.56 Å². The molecule has 1 aliphatic rings. The van der Waals surface area contributed by atoms with Gasteiger partial charge in [-0.1, -0.05) is 47.6 Å². The van der Waals surface area contributed by atoms with E-state index in [2.05, 4.69) is 15.5 Å². The summed E-state index contributed by atoms with van der Waals surface area (Å²) in [6, 6.07) is 15.3. The van der Waals surface area contributed by atoms with Crippen molar-refractivity contribution in [3.63, 3.8) is 0 Å². The zero-order chi connectivity index (χ0) is 15.4. The predicted octanol–water partition coefficient (Wildman–Crippen LogP) is 4.08. The maximum Gasteiger partial charge on any atom is 0.182 e. The highest BCUT2D eigenvalue weighted by atomic mass is 35.5. The lowest BCUT2D eigenvalue weighted by atomic mass is 10.1. The lowest BCUT2D eigenvalue weighted by Gasteiger charge is -2.15. The molecule has 0 saturated heterocycles. The van der Waals surface area contributed by atoms with Crippen LogP contribution in [0, 0.1) is 0 Å². The fraction of sp³-hybridized carbons (Fsp3) is 0.125. The standard InChI is InChI=1S/C16H14ClN3OS/c1-21-15-5-3-2-4-13(15)18-16-20-19-14(10-22-16)11-6-8-12(17)9-7-11/h2-9H,10H2,1H3,(H,18,20). The molecule has 0 saturated carbocycles. The molecule has 0 aromatic heterocycles. The number of para-hydroxylation sites is 2. The largest absolute Gasteiger partial charge is 0.494 e. The minimum atomic E-state index is 0.721. The van der Waals surface area contributed by atoms with Crippen molar-refractivity contribution in [3.05, 3.63) is 59.1 Å². The van der Waals surface area contributed by atoms with E-state index in [-0.39, 0.29) is 0 Å². The van der Waals surface area contributed by atoms with Crippen LogP contribution in [-0.4, -0.2) is 23.7 Å². The quantitative estimate of drug-likeness (QED) is 0.922. The Morgan fingerprint density at radius 2 is 1.95 bits per heavy atom. The topological polar surface area (TPSA) is 46.0 Å². The van der Waals surface area contributed by atoms with Gasteiger partial charge in [0.05, 0.1) is 12.8 Å². The summed E-state index contributed by atoms with van der Waals surface area (Å²) in [5.41, 5.74) is 5.81. The van der Waals surface area contributed by atoms with Gasteiger partial charge in [-0.15, -0.1) is 0 Å². The number of methoxy groups -OCH3 is 1. The van der Waals surface area contributed by atoms with Crippen LogP contribution in [0.4, 0.5) is 5.69 Å². The highest BCUT2D eigenvalue weighted by Crippen LogP contribution is 2.28. The lowest BCUT2D eigenvalue weighted by Crippen LogP contribution is -2.25. The van der Waals surface area contributed by atoms with Crippen LogP contribution < -0.4 is 10.2 Å². The van der Waals surface area contributed by atoms with E-state index in [9.17, 15) is 0 Å². The van der Waals surface area contributed by atoms with Gasteiger partial charge in [-0.25, -0.2) is 4.99 Å². The number of halogens is 1. The summed E-state index contributed by atoms with van der Waals surface area (Å²) in [5, 5.41) is 5.87. The summed E-state index contributed by atoms with van der Waals surface area (Å²) >= 11 is 7.50. The molecule has 0 bridgehead atoms. The fourth-order valence-electron chi connectivity index (χ4n) is 2.00. The van der Waals surface area contributed by atoms with Crippen molar-refractivity contribution in [1.82, 2.24) is 5.43 Å². The summed E-state index contributed by atoms with van der Waals surface area (Å²) in [7, 11) is 1.64. The van der Waals surface area contributed by atoms with Crippen LogP contribution in [-0.2, 0) is 0 Å². The molecule has 112 valence electrons. The van der Waals surface area contributed by atoms with Crippen molar-refractivity contribution in [2.45, 2.75) is 0 Å². The van der Waals surface area contributed by atoms with Gasteiger partial charge in [-0.3, -0.25) is 5.43 Å². The summed E-state index contributed by atoms with van der Waals surface area (Å²) < 4.78 is 5.30. The number of ether oxygens (including phenoxy) is 1. The van der Waals surface area contributed by atoms with Crippen LogP contribution in [0.15, 0.2) is 58.6 Å². The van der Waals surface area contributed by atoms with Gasteiger partial charge in [0.2, 0.25) is 0 Å². The number of thioether (sulfide) groups is 1. The lowest BCUT2D eigenvalue weighted by molar-refractivity contribution is 0.416. The molecule has 0 radical (unpaired) electrons. The maximum atomic E-state index is 5.90. The van der Waals surface area contributed by atoms with E-state index in [0.717, 1.165) is 38.7 Å². The van der Waals surface area contributed by atoms with Gasteiger partial charge in [-0.2, -0.15) is 5.10 Å². The Morgan fingerprint density at radius 3 is 2.64 bits per heavy atom. The first-order valence-electron chi connectivity index (χ1n) is 6.69. The van der Waals surface area contributed by atoms with Crippen molar-refractivity contribution >= 4 is 39.9 Å². The Kier molecular flexibility index (Phi) is 4.65. The molecular weight excluding hydrogens is 318 g/mol. The normalized spacial score (nSPS) is 16.1. The molecule has 2 aromatic carbocycles. The Hall–Kier alpha value is -1.98. The highest BCUT2D eigenvalue weighted by Gasteiger charge is 2.13. The monoisotopic (exact) mass is 331 g/mol. The van der Waals surface area contributed by atoms with Crippen LogP contribution in [0.5, 0.6) is 5.75 Å². The third-order valence-electron chi connectivity index (χ3n) is 3.12. The second-order valence-electron chi connectivity index (χ2n) is 4.55. The van der Waals surface area contributed by atoms with Crippen LogP contribution in [0.25, 0.3) is 0 Å². The molecule has 0 unspecified atom stereocenters. The molecule has 1 heterocycles. The number of rotatable bonds is 3. The third kappa shape index (κ3) is 3.43. The number of hydrazone groups is 1. The first kappa shape index (κ1) is 14.9. The Labute approximate surface area is 138 Å². The average Bonchev–Trinajstić information content (AvgIpc) is 2.57. The molecule has 0 atom stereocenters. The second kappa shape index (κ2) is 6.85. The average molecular weight is 332 g/mol. The van der Waals surface area contributed by atoms with Gasteiger partial charge >= 0.3 is 0 Å². The van der Waals surface area contributed by atoms with Crippen LogP contribution in [0.3, 0.4) is 0 Å². The first-order valence-corrected chi connectivity index (χ1v) is 8.05. The molecule has 6 heteroatoms. The molecular formula is C16H14ClN3OS. The van der Waals surface area contributed by atoms with E-state index in [1.807, 2.05) is 48.5 Å². The fourth-order valence-corrected chi connectivity index (χ4v) is 2.90. The van der Waals surface area contributed by atoms with E-state index in [4.69, 9.17) is 16.3 Å². The highest BCUT2D eigenvalue weighted by molar-refractivity contribution is 8.14. The molecule has 1 aliphatic heterocycles. The summed E-state index contributed by atoms with van der Waals surface area (Å²) in [6.07, 6.45) is 0. The van der Waals surface area contributed by atoms with Crippen LogP contribution in [0.2, 0.25) is 5.02 Å². The minimum Gasteiger partial charge on any atom is -0.494 e. The Balaban J connectivity index is 1.78. The van der Waals surface area contributed by atoms with Gasteiger partial charge in [0.25, 0.3) is 0 Å². The van der Waals surface area contributed by atoms with E-state index in [1.54, 1.807) is 18.9 Å². The molecule has 0 aliphatic carbocycles. The number of nitrogens with zero attached hydrogens (tertiary/aromatic N) is 2. The molecule has 2 aromatic rings. The first-order chi connectivity index (χ1) is 10.8. The number of aliphatic imine (C=N–C) groups is 1. The van der Waals surface area contributed by atoms with Crippen molar-refractivity contribution in [2.75, 3.05) is 12.9 Å². The third-order valence-corrected chi connectivity index (χ3v) is 4.24. The summed E-state index contributed by atoms with van der Waals surface area (Å²) in [4.78, 5) is 4.55. The summed E-state index contributed by atoms with van der Waals surface area (Å²) in [5.74, 6) is 1.49. The van der Waals surface area contributed by atoms with Gasteiger partial charge < -0.3 is 4.74 Å². The number of benzene rings is 2.